The third-order valence-corrected chi connectivity index (χ3v) is 5.22. The highest BCUT2D eigenvalue weighted by Gasteiger charge is 2.33. The number of carbonyl (C=O) groups excluding carboxylic acids is 1. The molecular formula is C24H23F3N2O6. The van der Waals surface area contributed by atoms with Gasteiger partial charge in [0, 0.05) is 6.20 Å². The van der Waals surface area contributed by atoms with Crippen molar-refractivity contribution in [3.63, 3.8) is 0 Å². The molecule has 1 N–H and O–H groups in total. The first-order valence-corrected chi connectivity index (χ1v) is 10.6. The van der Waals surface area contributed by atoms with Crippen molar-refractivity contribution in [3.05, 3.63) is 91.8 Å². The number of alkyl halides is 3. The molecule has 3 aromatic rings. The molecule has 0 aliphatic rings. The van der Waals surface area contributed by atoms with Gasteiger partial charge in [0.05, 0.1) is 31.0 Å². The topological polar surface area (TPSA) is 99.8 Å². The number of esters is 1. The summed E-state index contributed by atoms with van der Waals surface area (Å²) in [5.41, 5.74) is -2.94. The quantitative estimate of drug-likeness (QED) is 0.486. The van der Waals surface area contributed by atoms with E-state index in [0.717, 1.165) is 16.8 Å². The van der Waals surface area contributed by atoms with Crippen molar-refractivity contribution < 1.29 is 32.5 Å². The Labute approximate surface area is 197 Å². The second kappa shape index (κ2) is 10.6. The molecule has 11 heteroatoms. The molecule has 1 heterocycles. The first kappa shape index (κ1) is 25.8. The number of halogens is 3. The number of aliphatic hydroxyl groups is 1. The van der Waals surface area contributed by atoms with Crippen molar-refractivity contribution in [2.45, 2.75) is 26.6 Å². The Bertz CT molecular complexity index is 1330. The number of aromatic nitrogens is 2. The molecule has 1 aromatic heterocycles. The standard InChI is InChI=1S/C24H23F3N2O6/c1-3-34-22(32)19-14-28(17-7-9-18(10-8-17)35-12-11-30)23(33)29(21(19)31)13-16-5-4-6-20(15(16)2)24(25,26)27/h4-10,14,30H,3,11-13H2,1-2H3. The van der Waals surface area contributed by atoms with Crippen LogP contribution in [0.3, 0.4) is 0 Å². The summed E-state index contributed by atoms with van der Waals surface area (Å²) in [7, 11) is 0. The van der Waals surface area contributed by atoms with Crippen molar-refractivity contribution in [3.8, 4) is 11.4 Å². The minimum absolute atomic E-state index is 0.0268. The first-order chi connectivity index (χ1) is 16.6. The van der Waals surface area contributed by atoms with Crippen LogP contribution in [0.2, 0.25) is 0 Å². The summed E-state index contributed by atoms with van der Waals surface area (Å²) in [6.07, 6.45) is -3.57. The number of benzene rings is 2. The predicted octanol–water partition coefficient (Wildman–Crippen LogP) is 2.92. The zero-order valence-electron chi connectivity index (χ0n) is 19.0. The lowest BCUT2D eigenvalue weighted by Gasteiger charge is -2.16. The summed E-state index contributed by atoms with van der Waals surface area (Å²) < 4.78 is 52.0. The molecule has 0 atom stereocenters. The van der Waals surface area contributed by atoms with E-state index in [1.807, 2.05) is 0 Å². The van der Waals surface area contributed by atoms with Gasteiger partial charge in [-0.3, -0.25) is 13.9 Å². The molecule has 0 spiro atoms. The fourth-order valence-electron chi connectivity index (χ4n) is 3.47. The largest absolute Gasteiger partial charge is 0.491 e. The molecule has 0 radical (unpaired) electrons. The lowest BCUT2D eigenvalue weighted by atomic mass is 10.0. The average Bonchev–Trinajstić information content (AvgIpc) is 2.81. The van der Waals surface area contributed by atoms with Crippen LogP contribution in [0.15, 0.2) is 58.3 Å². The molecule has 2 aromatic carbocycles. The van der Waals surface area contributed by atoms with Crippen LogP contribution in [0, 0.1) is 6.92 Å². The Morgan fingerprint density at radius 3 is 2.37 bits per heavy atom. The van der Waals surface area contributed by atoms with Gasteiger partial charge < -0.3 is 14.6 Å². The number of ether oxygens (including phenoxy) is 2. The summed E-state index contributed by atoms with van der Waals surface area (Å²) in [5, 5.41) is 8.87. The molecule has 0 saturated carbocycles. The van der Waals surface area contributed by atoms with Crippen LogP contribution in [0.5, 0.6) is 5.75 Å². The van der Waals surface area contributed by atoms with E-state index >= 15 is 0 Å². The predicted molar refractivity (Wildman–Crippen MR) is 120 cm³/mol. The maximum Gasteiger partial charge on any atom is 0.416 e. The Morgan fingerprint density at radius 1 is 1.09 bits per heavy atom. The van der Waals surface area contributed by atoms with Crippen LogP contribution in [0.1, 0.15) is 34.0 Å². The molecule has 35 heavy (non-hydrogen) atoms. The SMILES string of the molecule is CCOC(=O)c1cn(-c2ccc(OCCO)cc2)c(=O)n(Cc2cccc(C(F)(F)F)c2C)c1=O. The van der Waals surface area contributed by atoms with Gasteiger partial charge in [-0.05, 0) is 55.3 Å². The summed E-state index contributed by atoms with van der Waals surface area (Å²) >= 11 is 0. The Morgan fingerprint density at radius 2 is 1.77 bits per heavy atom. The van der Waals surface area contributed by atoms with Gasteiger partial charge in [-0.15, -0.1) is 0 Å². The average molecular weight is 492 g/mol. The fraction of sp³-hybridized carbons (Fsp3) is 0.292. The first-order valence-electron chi connectivity index (χ1n) is 10.6. The van der Waals surface area contributed by atoms with Gasteiger partial charge in [-0.25, -0.2) is 9.59 Å². The second-order valence-corrected chi connectivity index (χ2v) is 7.46. The minimum atomic E-state index is -4.61. The van der Waals surface area contributed by atoms with Crippen LogP contribution in [-0.4, -0.2) is 40.0 Å². The number of rotatable bonds is 8. The number of hydrogen-bond acceptors (Lipinski definition) is 6. The second-order valence-electron chi connectivity index (χ2n) is 7.46. The summed E-state index contributed by atoms with van der Waals surface area (Å²) in [4.78, 5) is 38.8. The van der Waals surface area contributed by atoms with Crippen LogP contribution in [0.4, 0.5) is 13.2 Å². The maximum atomic E-state index is 13.4. The molecule has 8 nitrogen and oxygen atoms in total. The lowest BCUT2D eigenvalue weighted by Crippen LogP contribution is -2.42. The molecule has 186 valence electrons. The number of aliphatic hydroxyl groups excluding tert-OH is 1. The van der Waals surface area contributed by atoms with E-state index in [-0.39, 0.29) is 36.6 Å². The van der Waals surface area contributed by atoms with Gasteiger partial charge in [-0.1, -0.05) is 12.1 Å². The number of nitrogens with zero attached hydrogens (tertiary/aromatic N) is 2. The van der Waals surface area contributed by atoms with Gasteiger partial charge in [-0.2, -0.15) is 13.2 Å². The summed E-state index contributed by atoms with van der Waals surface area (Å²) in [5.74, 6) is -0.557. The van der Waals surface area contributed by atoms with Crippen molar-refractivity contribution in [1.82, 2.24) is 9.13 Å². The van der Waals surface area contributed by atoms with Crippen molar-refractivity contribution in [2.24, 2.45) is 0 Å². The van der Waals surface area contributed by atoms with E-state index in [0.29, 0.717) is 10.3 Å². The van der Waals surface area contributed by atoms with Crippen molar-refractivity contribution in [2.75, 3.05) is 19.8 Å². The van der Waals surface area contributed by atoms with Crippen LogP contribution in [0.25, 0.3) is 5.69 Å². The Balaban J connectivity index is 2.17. The highest BCUT2D eigenvalue weighted by molar-refractivity contribution is 5.88. The maximum absolute atomic E-state index is 13.4. The van der Waals surface area contributed by atoms with Crippen molar-refractivity contribution in [1.29, 1.82) is 0 Å². The zero-order chi connectivity index (χ0) is 25.8. The third kappa shape index (κ3) is 5.62. The molecule has 0 aliphatic heterocycles. The molecule has 0 fully saturated rings. The van der Waals surface area contributed by atoms with Gasteiger partial charge in [0.2, 0.25) is 0 Å². The van der Waals surface area contributed by atoms with Crippen LogP contribution >= 0.6 is 0 Å². The molecule has 0 saturated heterocycles. The Kier molecular flexibility index (Phi) is 7.80. The van der Waals surface area contributed by atoms with E-state index in [9.17, 15) is 27.6 Å². The Hall–Kier alpha value is -3.86. The summed E-state index contributed by atoms with van der Waals surface area (Å²) in [6, 6.07) is 9.51. The van der Waals surface area contributed by atoms with E-state index in [1.165, 1.54) is 43.3 Å². The van der Waals surface area contributed by atoms with E-state index < -0.39 is 41.1 Å². The van der Waals surface area contributed by atoms with Gasteiger partial charge >= 0.3 is 17.8 Å². The molecule has 3 rings (SSSR count). The molecule has 0 aliphatic carbocycles. The number of carbonyl (C=O) groups is 1. The van der Waals surface area contributed by atoms with Crippen molar-refractivity contribution >= 4 is 5.97 Å². The highest BCUT2D eigenvalue weighted by atomic mass is 19.4. The van der Waals surface area contributed by atoms with E-state index in [1.54, 1.807) is 6.92 Å². The fourth-order valence-corrected chi connectivity index (χ4v) is 3.47. The van der Waals surface area contributed by atoms with Gasteiger partial charge in [0.15, 0.2) is 0 Å². The molecule has 0 amide bonds. The van der Waals surface area contributed by atoms with Gasteiger partial charge in [0.25, 0.3) is 5.56 Å². The van der Waals surface area contributed by atoms with Crippen LogP contribution in [-0.2, 0) is 17.5 Å². The monoisotopic (exact) mass is 492 g/mol. The minimum Gasteiger partial charge on any atom is -0.491 e. The number of hydrogen-bond donors (Lipinski definition) is 1. The zero-order valence-corrected chi connectivity index (χ0v) is 19.0. The molecule has 0 bridgehead atoms. The lowest BCUT2D eigenvalue weighted by molar-refractivity contribution is -0.138. The van der Waals surface area contributed by atoms with Crippen LogP contribution < -0.4 is 16.0 Å². The smallest absolute Gasteiger partial charge is 0.416 e. The molecular weight excluding hydrogens is 469 g/mol. The summed E-state index contributed by atoms with van der Waals surface area (Å²) in [6.45, 7) is 2.16. The normalized spacial score (nSPS) is 11.4. The van der Waals surface area contributed by atoms with E-state index in [2.05, 4.69) is 0 Å². The highest BCUT2D eigenvalue weighted by Crippen LogP contribution is 2.33. The van der Waals surface area contributed by atoms with E-state index in [4.69, 9.17) is 14.6 Å². The van der Waals surface area contributed by atoms with Gasteiger partial charge in [0.1, 0.15) is 17.9 Å². The third-order valence-electron chi connectivity index (χ3n) is 5.22. The molecule has 0 unspecified atom stereocenters.